The fourth-order valence-electron chi connectivity index (χ4n) is 2.32. The highest BCUT2D eigenvalue weighted by Gasteiger charge is 2.43. The van der Waals surface area contributed by atoms with E-state index >= 15 is 0 Å². The second-order valence-electron chi connectivity index (χ2n) is 7.82. The van der Waals surface area contributed by atoms with Gasteiger partial charge in [-0.3, -0.25) is 4.79 Å². The zero-order valence-electron chi connectivity index (χ0n) is 17.4. The lowest BCUT2D eigenvalue weighted by Gasteiger charge is -2.19. The van der Waals surface area contributed by atoms with Crippen molar-refractivity contribution >= 4 is 12.1 Å². The highest BCUT2D eigenvalue weighted by molar-refractivity contribution is 5.69. The Morgan fingerprint density at radius 3 is 2.63 bits per heavy atom. The average Bonchev–Trinajstić information content (AvgIpc) is 3.44. The van der Waals surface area contributed by atoms with E-state index in [-0.39, 0.29) is 31.1 Å². The Hall–Kier alpha value is -3.28. The molecule has 9 nitrogen and oxygen atoms in total. The van der Waals surface area contributed by atoms with Crippen molar-refractivity contribution in [1.82, 2.24) is 5.32 Å². The van der Waals surface area contributed by atoms with Crippen molar-refractivity contribution in [3.63, 3.8) is 0 Å². The van der Waals surface area contributed by atoms with Crippen LogP contribution in [-0.2, 0) is 20.7 Å². The summed E-state index contributed by atoms with van der Waals surface area (Å²) in [6.07, 6.45) is 5.58. The van der Waals surface area contributed by atoms with Gasteiger partial charge in [0.15, 0.2) is 11.5 Å². The molecule has 0 bridgehead atoms. The van der Waals surface area contributed by atoms with E-state index in [1.54, 1.807) is 32.9 Å². The van der Waals surface area contributed by atoms with Crippen LogP contribution in [0.3, 0.4) is 0 Å². The third-order valence-electron chi connectivity index (χ3n) is 3.89. The average molecular weight is 417 g/mol. The van der Waals surface area contributed by atoms with Crippen molar-refractivity contribution < 1.29 is 28.9 Å². The highest BCUT2D eigenvalue weighted by Crippen LogP contribution is 2.33. The van der Waals surface area contributed by atoms with Gasteiger partial charge in [-0.1, -0.05) is 6.07 Å². The standard InChI is InChI=1S/C21H27N3O6/c1-5-6-7-18(26)29-14-21(23-24-21)13-28-17-12-15(8-9-16(17)25)10-11-22-19(27)30-20(2,3)4/h1,8-9,12,25H,6-7,10-11,13-14H2,2-4H3,(H,22,27). The summed E-state index contributed by atoms with van der Waals surface area (Å²) >= 11 is 0. The number of benzene rings is 1. The number of rotatable bonds is 10. The molecule has 0 radical (unpaired) electrons. The van der Waals surface area contributed by atoms with E-state index in [4.69, 9.17) is 20.6 Å². The van der Waals surface area contributed by atoms with Gasteiger partial charge in [0.25, 0.3) is 5.66 Å². The lowest BCUT2D eigenvalue weighted by Crippen LogP contribution is -2.33. The monoisotopic (exact) mass is 417 g/mol. The van der Waals surface area contributed by atoms with Crippen LogP contribution in [0.2, 0.25) is 0 Å². The summed E-state index contributed by atoms with van der Waals surface area (Å²) in [6, 6.07) is 4.90. The second-order valence-corrected chi connectivity index (χ2v) is 7.82. The molecule has 0 atom stereocenters. The molecule has 162 valence electrons. The van der Waals surface area contributed by atoms with Gasteiger partial charge in [-0.15, -0.1) is 12.3 Å². The molecular formula is C21H27N3O6. The van der Waals surface area contributed by atoms with Crippen LogP contribution in [-0.4, -0.2) is 48.2 Å². The maximum atomic E-state index is 11.7. The number of esters is 1. The zero-order valence-corrected chi connectivity index (χ0v) is 17.4. The number of phenolic OH excluding ortho intramolecular Hbond substituents is 1. The fraction of sp³-hybridized carbons (Fsp3) is 0.524. The summed E-state index contributed by atoms with van der Waals surface area (Å²) < 4.78 is 15.9. The number of terminal acetylenes is 1. The van der Waals surface area contributed by atoms with E-state index in [1.165, 1.54) is 6.07 Å². The Morgan fingerprint density at radius 1 is 1.27 bits per heavy atom. The molecule has 30 heavy (non-hydrogen) atoms. The number of carbonyl (C=O) groups excluding carboxylic acids is 2. The maximum Gasteiger partial charge on any atom is 0.407 e. The largest absolute Gasteiger partial charge is 0.504 e. The van der Waals surface area contributed by atoms with Gasteiger partial charge in [0.2, 0.25) is 0 Å². The topological polar surface area (TPSA) is 119 Å². The molecule has 1 amide bonds. The quantitative estimate of drug-likeness (QED) is 0.446. The number of alkyl carbamates (subject to hydrolysis) is 1. The van der Waals surface area contributed by atoms with Crippen LogP contribution in [0.4, 0.5) is 4.79 Å². The third-order valence-corrected chi connectivity index (χ3v) is 3.89. The van der Waals surface area contributed by atoms with E-state index < -0.39 is 23.3 Å². The molecule has 1 aromatic carbocycles. The van der Waals surface area contributed by atoms with Gasteiger partial charge in [-0.2, -0.15) is 10.2 Å². The summed E-state index contributed by atoms with van der Waals surface area (Å²) in [5.74, 6) is 2.15. The number of ether oxygens (including phenoxy) is 3. The molecular weight excluding hydrogens is 390 g/mol. The van der Waals surface area contributed by atoms with Gasteiger partial charge in [-0.05, 0) is 44.9 Å². The number of aromatic hydroxyl groups is 1. The lowest BCUT2D eigenvalue weighted by molar-refractivity contribution is -0.144. The highest BCUT2D eigenvalue weighted by atomic mass is 16.6. The van der Waals surface area contributed by atoms with Gasteiger partial charge in [0.1, 0.15) is 18.8 Å². The smallest absolute Gasteiger partial charge is 0.407 e. The molecule has 1 aliphatic heterocycles. The number of nitrogens with one attached hydrogen (secondary N) is 1. The third kappa shape index (κ3) is 7.99. The minimum Gasteiger partial charge on any atom is -0.504 e. The summed E-state index contributed by atoms with van der Waals surface area (Å²) in [5, 5.41) is 20.5. The number of hydrogen-bond acceptors (Lipinski definition) is 8. The van der Waals surface area contributed by atoms with Crippen LogP contribution in [0.1, 0.15) is 39.2 Å². The number of nitrogens with zero attached hydrogens (tertiary/aromatic N) is 2. The van der Waals surface area contributed by atoms with E-state index in [2.05, 4.69) is 21.5 Å². The summed E-state index contributed by atoms with van der Waals surface area (Å²) in [6.45, 7) is 5.71. The first-order valence-electron chi connectivity index (χ1n) is 9.57. The lowest BCUT2D eigenvalue weighted by atomic mass is 10.1. The molecule has 2 N–H and O–H groups in total. The molecule has 0 fully saturated rings. The SMILES string of the molecule is C#CCCC(=O)OCC1(COc2cc(CCNC(=O)OC(C)(C)C)ccc2O)N=N1. The Bertz CT molecular complexity index is 832. The van der Waals surface area contributed by atoms with Crippen molar-refractivity contribution in [3.05, 3.63) is 23.8 Å². The Kier molecular flexibility index (Phi) is 7.64. The first kappa shape index (κ1) is 23.0. The van der Waals surface area contributed by atoms with Gasteiger partial charge < -0.3 is 24.6 Å². The fourth-order valence-corrected chi connectivity index (χ4v) is 2.32. The van der Waals surface area contributed by atoms with Crippen LogP contribution >= 0.6 is 0 Å². The Balaban J connectivity index is 1.80. The van der Waals surface area contributed by atoms with Crippen LogP contribution in [0.15, 0.2) is 28.4 Å². The zero-order chi connectivity index (χ0) is 22.2. The molecule has 1 aromatic rings. The van der Waals surface area contributed by atoms with Crippen LogP contribution in [0, 0.1) is 12.3 Å². The molecule has 1 aliphatic rings. The number of phenols is 1. The molecule has 0 saturated carbocycles. The van der Waals surface area contributed by atoms with Gasteiger partial charge >= 0.3 is 12.1 Å². The van der Waals surface area contributed by atoms with E-state index in [0.717, 1.165) is 5.56 Å². The molecule has 0 aliphatic carbocycles. The van der Waals surface area contributed by atoms with E-state index in [9.17, 15) is 14.7 Å². The van der Waals surface area contributed by atoms with Crippen molar-refractivity contribution in [2.45, 2.75) is 51.3 Å². The first-order chi connectivity index (χ1) is 14.1. The van der Waals surface area contributed by atoms with Crippen LogP contribution < -0.4 is 10.1 Å². The van der Waals surface area contributed by atoms with Gasteiger partial charge in [0.05, 0.1) is 6.42 Å². The predicted molar refractivity (Wildman–Crippen MR) is 108 cm³/mol. The molecule has 0 spiro atoms. The Morgan fingerprint density at radius 2 is 2.00 bits per heavy atom. The van der Waals surface area contributed by atoms with E-state index in [1.807, 2.05) is 0 Å². The molecule has 2 rings (SSSR count). The molecule has 0 aromatic heterocycles. The van der Waals surface area contributed by atoms with Crippen molar-refractivity contribution in [3.8, 4) is 23.8 Å². The molecule has 1 heterocycles. The maximum absolute atomic E-state index is 11.7. The summed E-state index contributed by atoms with van der Waals surface area (Å²) in [7, 11) is 0. The minimum absolute atomic E-state index is 0.0165. The number of amides is 1. The normalized spacial score (nSPS) is 13.8. The summed E-state index contributed by atoms with van der Waals surface area (Å²) in [4.78, 5) is 23.2. The van der Waals surface area contributed by atoms with Gasteiger partial charge in [-0.25, -0.2) is 4.79 Å². The molecule has 0 unspecified atom stereocenters. The van der Waals surface area contributed by atoms with Gasteiger partial charge in [0, 0.05) is 13.0 Å². The van der Waals surface area contributed by atoms with Crippen molar-refractivity contribution in [2.75, 3.05) is 19.8 Å². The van der Waals surface area contributed by atoms with Crippen LogP contribution in [0.25, 0.3) is 0 Å². The van der Waals surface area contributed by atoms with Crippen LogP contribution in [0.5, 0.6) is 11.5 Å². The number of carbonyl (C=O) groups is 2. The number of hydrogen-bond donors (Lipinski definition) is 2. The second kappa shape index (κ2) is 9.96. The van der Waals surface area contributed by atoms with Crippen molar-refractivity contribution in [2.24, 2.45) is 10.2 Å². The predicted octanol–water partition coefficient (Wildman–Crippen LogP) is 2.96. The van der Waals surface area contributed by atoms with Crippen molar-refractivity contribution in [1.29, 1.82) is 0 Å². The minimum atomic E-state index is -0.952. The first-order valence-corrected chi connectivity index (χ1v) is 9.57. The molecule has 9 heteroatoms. The summed E-state index contributed by atoms with van der Waals surface area (Å²) in [5.41, 5.74) is -0.668. The molecule has 0 saturated heterocycles. The van der Waals surface area contributed by atoms with E-state index in [0.29, 0.717) is 19.4 Å². The Labute approximate surface area is 175 Å².